The number of para-hydroxylation sites is 1. The number of thiazole rings is 1. The molecule has 3 rings (SSSR count). The van der Waals surface area contributed by atoms with E-state index in [1.54, 1.807) is 6.07 Å². The van der Waals surface area contributed by atoms with Crippen LogP contribution in [0.1, 0.15) is 34.1 Å². The summed E-state index contributed by atoms with van der Waals surface area (Å²) >= 11 is 1.36. The summed E-state index contributed by atoms with van der Waals surface area (Å²) in [6.07, 6.45) is 0. The van der Waals surface area contributed by atoms with Crippen LogP contribution in [0.25, 0.3) is 0 Å². The fourth-order valence-corrected chi connectivity index (χ4v) is 3.42. The summed E-state index contributed by atoms with van der Waals surface area (Å²) in [4.78, 5) is 28.5. The molecule has 144 valence electrons. The Morgan fingerprint density at radius 2 is 1.82 bits per heavy atom. The lowest BCUT2D eigenvalue weighted by molar-refractivity contribution is -0.114. The Labute approximate surface area is 168 Å². The number of aromatic nitrogens is 1. The molecular weight excluding hydrogens is 372 g/mol. The van der Waals surface area contributed by atoms with E-state index < -0.39 is 0 Å². The van der Waals surface area contributed by atoms with Crippen LogP contribution in [0.2, 0.25) is 0 Å². The van der Waals surface area contributed by atoms with Crippen molar-refractivity contribution in [3.05, 3.63) is 70.2 Å². The molecule has 0 unspecified atom stereocenters. The highest BCUT2D eigenvalue weighted by Gasteiger charge is 2.15. The van der Waals surface area contributed by atoms with Crippen molar-refractivity contribution in [1.29, 1.82) is 0 Å². The van der Waals surface area contributed by atoms with Crippen LogP contribution in [-0.2, 0) is 11.3 Å². The van der Waals surface area contributed by atoms with Gasteiger partial charge in [0.1, 0.15) is 0 Å². The Kier molecular flexibility index (Phi) is 6.06. The summed E-state index contributed by atoms with van der Waals surface area (Å²) in [5.41, 5.74) is 4.86. The topological polar surface area (TPSA) is 83.1 Å². The second-order valence-electron chi connectivity index (χ2n) is 6.48. The minimum absolute atomic E-state index is 0.233. The fourth-order valence-electron chi connectivity index (χ4n) is 2.74. The third-order valence-corrected chi connectivity index (χ3v) is 4.98. The Morgan fingerprint density at radius 1 is 1.04 bits per heavy atom. The number of anilines is 3. The first-order valence-corrected chi connectivity index (χ1v) is 9.74. The molecule has 0 saturated carbocycles. The summed E-state index contributed by atoms with van der Waals surface area (Å²) in [6.45, 7) is 5.90. The van der Waals surface area contributed by atoms with Gasteiger partial charge in [-0.2, -0.15) is 0 Å². The predicted octanol–water partition coefficient (Wildman–Crippen LogP) is 4.58. The number of nitrogens with one attached hydrogen (secondary N) is 3. The van der Waals surface area contributed by atoms with E-state index in [0.29, 0.717) is 22.9 Å². The van der Waals surface area contributed by atoms with Crippen LogP contribution in [0.3, 0.4) is 0 Å². The number of aryl methyl sites for hydroxylation is 2. The average molecular weight is 395 g/mol. The lowest BCUT2D eigenvalue weighted by Gasteiger charge is -2.13. The van der Waals surface area contributed by atoms with Crippen LogP contribution in [-0.4, -0.2) is 16.8 Å². The van der Waals surface area contributed by atoms with Crippen molar-refractivity contribution in [3.8, 4) is 0 Å². The summed E-state index contributed by atoms with van der Waals surface area (Å²) in [6, 6.07) is 13.4. The molecule has 0 aliphatic heterocycles. The Morgan fingerprint density at radius 3 is 2.50 bits per heavy atom. The van der Waals surface area contributed by atoms with Crippen molar-refractivity contribution < 1.29 is 9.59 Å². The molecule has 6 nitrogen and oxygen atoms in total. The van der Waals surface area contributed by atoms with Gasteiger partial charge in [-0.3, -0.25) is 14.9 Å². The summed E-state index contributed by atoms with van der Waals surface area (Å²) < 4.78 is 0. The van der Waals surface area contributed by atoms with E-state index in [0.717, 1.165) is 22.5 Å². The molecule has 2 aromatic carbocycles. The van der Waals surface area contributed by atoms with Gasteiger partial charge in [-0.05, 0) is 43.2 Å². The molecule has 2 amide bonds. The number of rotatable bonds is 6. The number of carbonyl (C=O) groups is 2. The third kappa shape index (κ3) is 4.95. The van der Waals surface area contributed by atoms with Crippen molar-refractivity contribution >= 4 is 39.7 Å². The first kappa shape index (κ1) is 19.6. The maximum Gasteiger partial charge on any atom is 0.259 e. The van der Waals surface area contributed by atoms with E-state index in [-0.39, 0.29) is 11.8 Å². The molecule has 0 atom stereocenters. The maximum atomic E-state index is 12.6. The number of benzene rings is 2. The number of hydrogen-bond donors (Lipinski definition) is 3. The number of carbonyl (C=O) groups excluding carboxylic acids is 2. The van der Waals surface area contributed by atoms with Gasteiger partial charge in [0.25, 0.3) is 5.91 Å². The van der Waals surface area contributed by atoms with Gasteiger partial charge in [-0.15, -0.1) is 11.3 Å². The lowest BCUT2D eigenvalue weighted by atomic mass is 10.1. The molecule has 3 aromatic rings. The van der Waals surface area contributed by atoms with E-state index in [2.05, 4.69) is 20.9 Å². The van der Waals surface area contributed by atoms with Crippen molar-refractivity contribution in [2.24, 2.45) is 0 Å². The van der Waals surface area contributed by atoms with E-state index in [1.807, 2.05) is 55.6 Å². The monoisotopic (exact) mass is 394 g/mol. The van der Waals surface area contributed by atoms with E-state index in [4.69, 9.17) is 0 Å². The van der Waals surface area contributed by atoms with Crippen LogP contribution < -0.4 is 16.0 Å². The molecule has 0 saturated heterocycles. The molecule has 0 fully saturated rings. The van der Waals surface area contributed by atoms with Gasteiger partial charge in [0.2, 0.25) is 5.91 Å². The zero-order valence-corrected chi connectivity index (χ0v) is 16.8. The average Bonchev–Trinajstić information content (AvgIpc) is 3.05. The molecule has 1 aromatic heterocycles. The standard InChI is InChI=1S/C21H22N4O2S/c1-13-6-4-5-7-18(13)22-11-16-8-9-17(19(10-16)24-15(3)26)20(27)25-21-23-14(2)12-28-21/h4-10,12,22H,11H2,1-3H3,(H,24,26)(H,23,25,27). The number of nitrogens with zero attached hydrogens (tertiary/aromatic N) is 1. The highest BCUT2D eigenvalue weighted by atomic mass is 32.1. The van der Waals surface area contributed by atoms with Crippen LogP contribution >= 0.6 is 11.3 Å². The highest BCUT2D eigenvalue weighted by molar-refractivity contribution is 7.13. The van der Waals surface area contributed by atoms with Crippen molar-refractivity contribution in [2.45, 2.75) is 27.3 Å². The Hall–Kier alpha value is -3.19. The molecule has 0 aliphatic rings. The molecule has 0 aliphatic carbocycles. The van der Waals surface area contributed by atoms with Gasteiger partial charge in [-0.25, -0.2) is 4.98 Å². The van der Waals surface area contributed by atoms with E-state index in [9.17, 15) is 9.59 Å². The molecule has 1 heterocycles. The van der Waals surface area contributed by atoms with E-state index >= 15 is 0 Å². The van der Waals surface area contributed by atoms with Crippen LogP contribution in [0.4, 0.5) is 16.5 Å². The molecule has 28 heavy (non-hydrogen) atoms. The second-order valence-corrected chi connectivity index (χ2v) is 7.34. The quantitative estimate of drug-likeness (QED) is 0.571. The van der Waals surface area contributed by atoms with Gasteiger partial charge >= 0.3 is 0 Å². The third-order valence-electron chi connectivity index (χ3n) is 4.11. The van der Waals surface area contributed by atoms with Gasteiger partial charge in [0, 0.05) is 24.5 Å². The number of amides is 2. The number of hydrogen-bond acceptors (Lipinski definition) is 5. The minimum atomic E-state index is -0.309. The largest absolute Gasteiger partial charge is 0.381 e. The first-order chi connectivity index (χ1) is 13.4. The molecule has 3 N–H and O–H groups in total. The van der Waals surface area contributed by atoms with Gasteiger partial charge in [0.15, 0.2) is 5.13 Å². The maximum absolute atomic E-state index is 12.6. The van der Waals surface area contributed by atoms with Gasteiger partial charge in [0.05, 0.1) is 16.9 Å². The van der Waals surface area contributed by atoms with Crippen molar-refractivity contribution in [3.63, 3.8) is 0 Å². The van der Waals surface area contributed by atoms with Crippen LogP contribution in [0, 0.1) is 13.8 Å². The molecule has 0 bridgehead atoms. The van der Waals surface area contributed by atoms with Crippen molar-refractivity contribution in [1.82, 2.24) is 4.98 Å². The van der Waals surface area contributed by atoms with Gasteiger partial charge < -0.3 is 10.6 Å². The Balaban J connectivity index is 1.79. The first-order valence-electron chi connectivity index (χ1n) is 8.86. The molecule has 0 spiro atoms. The minimum Gasteiger partial charge on any atom is -0.381 e. The SMILES string of the molecule is CC(=O)Nc1cc(CNc2ccccc2C)ccc1C(=O)Nc1nc(C)cs1. The summed E-state index contributed by atoms with van der Waals surface area (Å²) in [7, 11) is 0. The highest BCUT2D eigenvalue weighted by Crippen LogP contribution is 2.22. The lowest BCUT2D eigenvalue weighted by Crippen LogP contribution is -2.17. The molecule has 0 radical (unpaired) electrons. The second kappa shape index (κ2) is 8.67. The predicted molar refractivity (Wildman–Crippen MR) is 114 cm³/mol. The van der Waals surface area contributed by atoms with Crippen molar-refractivity contribution in [2.75, 3.05) is 16.0 Å². The summed E-state index contributed by atoms with van der Waals surface area (Å²) in [5.74, 6) is -0.542. The molecule has 7 heteroatoms. The van der Waals surface area contributed by atoms with Crippen LogP contribution in [0.5, 0.6) is 0 Å². The Bertz CT molecular complexity index is 1010. The smallest absolute Gasteiger partial charge is 0.259 e. The summed E-state index contributed by atoms with van der Waals surface area (Å²) in [5, 5.41) is 11.3. The van der Waals surface area contributed by atoms with E-state index in [1.165, 1.54) is 18.3 Å². The molecular formula is C21H22N4O2S. The zero-order valence-electron chi connectivity index (χ0n) is 16.0. The fraction of sp³-hybridized carbons (Fsp3) is 0.190. The zero-order chi connectivity index (χ0) is 20.1. The van der Waals surface area contributed by atoms with Crippen LogP contribution in [0.15, 0.2) is 47.8 Å². The van der Waals surface area contributed by atoms with Gasteiger partial charge in [-0.1, -0.05) is 24.3 Å². The normalized spacial score (nSPS) is 10.4.